The molecule has 30 heavy (non-hydrogen) atoms. The van der Waals surface area contributed by atoms with Gasteiger partial charge in [-0.15, -0.1) is 11.8 Å². The number of hydrogen-bond donors (Lipinski definition) is 2. The Bertz CT molecular complexity index is 1030. The van der Waals surface area contributed by atoms with Crippen LogP contribution in [0.5, 0.6) is 0 Å². The molecule has 2 N–H and O–H groups in total. The summed E-state index contributed by atoms with van der Waals surface area (Å²) in [5.74, 6) is -0.470. The predicted octanol–water partition coefficient (Wildman–Crippen LogP) is 4.93. The predicted molar refractivity (Wildman–Crippen MR) is 117 cm³/mol. The highest BCUT2D eigenvalue weighted by Gasteiger charge is 2.11. The van der Waals surface area contributed by atoms with Crippen LogP contribution in [0.3, 0.4) is 0 Å². The molecule has 1 heterocycles. The average Bonchev–Trinajstić information content (AvgIpc) is 2.73. The summed E-state index contributed by atoms with van der Waals surface area (Å²) in [6, 6.07) is 16.9. The highest BCUT2D eigenvalue weighted by molar-refractivity contribution is 7.98. The molecule has 0 saturated heterocycles. The van der Waals surface area contributed by atoms with Crippen molar-refractivity contribution in [2.45, 2.75) is 17.2 Å². The molecule has 0 unspecified atom stereocenters. The topological polar surface area (TPSA) is 71.1 Å². The zero-order valence-electron chi connectivity index (χ0n) is 15.9. The summed E-state index contributed by atoms with van der Waals surface area (Å²) in [4.78, 5) is 28.5. The van der Waals surface area contributed by atoms with Gasteiger partial charge in [0.05, 0.1) is 15.6 Å². The molecule has 8 heteroatoms. The molecule has 0 spiro atoms. The number of thioether (sulfide) groups is 1. The molecule has 154 valence electrons. The van der Waals surface area contributed by atoms with Gasteiger partial charge in [-0.1, -0.05) is 29.8 Å². The molecule has 0 bridgehead atoms. The van der Waals surface area contributed by atoms with Gasteiger partial charge in [-0.2, -0.15) is 0 Å². The van der Waals surface area contributed by atoms with Crippen LogP contribution in [-0.4, -0.2) is 23.3 Å². The molecule has 0 aliphatic rings. The van der Waals surface area contributed by atoms with Crippen molar-refractivity contribution < 1.29 is 14.0 Å². The van der Waals surface area contributed by atoms with Crippen LogP contribution in [0.25, 0.3) is 0 Å². The summed E-state index contributed by atoms with van der Waals surface area (Å²) in [6.07, 6.45) is 1.85. The maximum atomic E-state index is 13.1. The second-order valence-corrected chi connectivity index (χ2v) is 7.74. The number of pyridine rings is 1. The fourth-order valence-electron chi connectivity index (χ4n) is 2.61. The first-order chi connectivity index (χ1) is 14.5. The third-order valence-electron chi connectivity index (χ3n) is 4.05. The fraction of sp³-hybridized carbons (Fsp3) is 0.136. The standard InChI is InChI=1S/C22H19ClFN3O2S/c23-19-13-16(24)7-8-18(19)22(29)26-11-9-20(28)27-17-5-3-4-15(12-17)14-30-21-6-1-2-10-25-21/h1-8,10,12-13H,9,11,14H2,(H,26,29)(H,27,28). The Balaban J connectivity index is 1.46. The number of benzene rings is 2. The van der Waals surface area contributed by atoms with Gasteiger partial charge in [0.25, 0.3) is 5.91 Å². The van der Waals surface area contributed by atoms with Crippen LogP contribution in [0.15, 0.2) is 71.9 Å². The molecule has 0 atom stereocenters. The van der Waals surface area contributed by atoms with Gasteiger partial charge in [0.1, 0.15) is 5.82 Å². The summed E-state index contributed by atoms with van der Waals surface area (Å²) in [5, 5.41) is 6.39. The van der Waals surface area contributed by atoms with E-state index in [4.69, 9.17) is 11.6 Å². The lowest BCUT2D eigenvalue weighted by molar-refractivity contribution is -0.116. The minimum atomic E-state index is -0.517. The van der Waals surface area contributed by atoms with Crippen molar-refractivity contribution in [1.82, 2.24) is 10.3 Å². The van der Waals surface area contributed by atoms with Crippen LogP contribution in [0.2, 0.25) is 5.02 Å². The quantitative estimate of drug-likeness (QED) is 0.484. The average molecular weight is 444 g/mol. The maximum Gasteiger partial charge on any atom is 0.252 e. The van der Waals surface area contributed by atoms with Gasteiger partial charge < -0.3 is 10.6 Å². The van der Waals surface area contributed by atoms with Crippen molar-refractivity contribution in [1.29, 1.82) is 0 Å². The molecule has 2 aromatic carbocycles. The molecule has 0 saturated carbocycles. The molecular weight excluding hydrogens is 425 g/mol. The number of rotatable bonds is 8. The van der Waals surface area contributed by atoms with E-state index in [1.807, 2.05) is 42.5 Å². The van der Waals surface area contributed by atoms with Crippen LogP contribution in [0.1, 0.15) is 22.3 Å². The largest absolute Gasteiger partial charge is 0.351 e. The molecule has 3 aromatic rings. The van der Waals surface area contributed by atoms with Gasteiger partial charge >= 0.3 is 0 Å². The first kappa shape index (κ1) is 21.8. The molecule has 0 aliphatic heterocycles. The summed E-state index contributed by atoms with van der Waals surface area (Å²) < 4.78 is 13.1. The van der Waals surface area contributed by atoms with Crippen LogP contribution < -0.4 is 10.6 Å². The molecule has 5 nitrogen and oxygen atoms in total. The lowest BCUT2D eigenvalue weighted by Crippen LogP contribution is -2.27. The lowest BCUT2D eigenvalue weighted by atomic mass is 10.2. The molecule has 1 aromatic heterocycles. The number of nitrogens with one attached hydrogen (secondary N) is 2. The highest BCUT2D eigenvalue weighted by atomic mass is 35.5. The normalized spacial score (nSPS) is 10.5. The first-order valence-corrected chi connectivity index (χ1v) is 10.5. The van der Waals surface area contributed by atoms with E-state index in [2.05, 4.69) is 15.6 Å². The van der Waals surface area contributed by atoms with Crippen molar-refractivity contribution in [2.24, 2.45) is 0 Å². The number of nitrogens with zero attached hydrogens (tertiary/aromatic N) is 1. The summed E-state index contributed by atoms with van der Waals surface area (Å²) in [5.41, 5.74) is 1.91. The van der Waals surface area contributed by atoms with E-state index in [0.29, 0.717) is 5.69 Å². The number of anilines is 1. The molecule has 2 amide bonds. The Morgan fingerprint density at radius 1 is 1.07 bits per heavy atom. The van der Waals surface area contributed by atoms with Crippen molar-refractivity contribution in [3.63, 3.8) is 0 Å². The van der Waals surface area contributed by atoms with Gasteiger partial charge in [-0.25, -0.2) is 9.37 Å². The number of carbonyl (C=O) groups is 2. The first-order valence-electron chi connectivity index (χ1n) is 9.17. The second-order valence-electron chi connectivity index (χ2n) is 6.34. The SMILES string of the molecule is O=C(CCNC(=O)c1ccc(F)cc1Cl)Nc1cccc(CSc2ccccn2)c1. The van der Waals surface area contributed by atoms with Gasteiger partial charge in [-0.05, 0) is 48.0 Å². The van der Waals surface area contributed by atoms with Crippen molar-refractivity contribution in [3.05, 3.63) is 88.8 Å². The van der Waals surface area contributed by atoms with E-state index >= 15 is 0 Å². The van der Waals surface area contributed by atoms with Crippen molar-refractivity contribution in [2.75, 3.05) is 11.9 Å². The third kappa shape index (κ3) is 6.57. The number of hydrogen-bond acceptors (Lipinski definition) is 4. The number of halogens is 2. The van der Waals surface area contributed by atoms with E-state index in [9.17, 15) is 14.0 Å². The van der Waals surface area contributed by atoms with Gasteiger partial charge in [0.2, 0.25) is 5.91 Å². The minimum absolute atomic E-state index is 0.0253. The lowest BCUT2D eigenvalue weighted by Gasteiger charge is -2.09. The monoisotopic (exact) mass is 443 g/mol. The zero-order chi connectivity index (χ0) is 21.3. The van der Waals surface area contributed by atoms with E-state index in [-0.39, 0.29) is 29.5 Å². The van der Waals surface area contributed by atoms with Crippen LogP contribution in [0.4, 0.5) is 10.1 Å². The van der Waals surface area contributed by atoms with Crippen molar-refractivity contribution >= 4 is 40.9 Å². The van der Waals surface area contributed by atoms with E-state index in [1.165, 1.54) is 6.07 Å². The van der Waals surface area contributed by atoms with Crippen LogP contribution >= 0.6 is 23.4 Å². The fourth-order valence-corrected chi connectivity index (χ4v) is 3.67. The Kier molecular flexibility index (Phi) is 7.82. The van der Waals surface area contributed by atoms with E-state index in [1.54, 1.807) is 18.0 Å². The molecule has 0 radical (unpaired) electrons. The Morgan fingerprint density at radius 2 is 1.93 bits per heavy atom. The summed E-state index contributed by atoms with van der Waals surface area (Å²) in [6.45, 7) is 0.133. The number of amides is 2. The van der Waals surface area contributed by atoms with E-state index in [0.717, 1.165) is 28.5 Å². The molecule has 0 fully saturated rings. The van der Waals surface area contributed by atoms with Crippen LogP contribution in [-0.2, 0) is 10.5 Å². The zero-order valence-corrected chi connectivity index (χ0v) is 17.5. The minimum Gasteiger partial charge on any atom is -0.351 e. The van der Waals surface area contributed by atoms with Crippen molar-refractivity contribution in [3.8, 4) is 0 Å². The van der Waals surface area contributed by atoms with Crippen LogP contribution in [0, 0.1) is 5.82 Å². The number of carbonyl (C=O) groups excluding carboxylic acids is 2. The Hall–Kier alpha value is -2.90. The Morgan fingerprint density at radius 3 is 2.70 bits per heavy atom. The molecule has 0 aliphatic carbocycles. The maximum absolute atomic E-state index is 13.1. The van der Waals surface area contributed by atoms with Gasteiger partial charge in [0, 0.05) is 30.6 Å². The number of aromatic nitrogens is 1. The molecule has 3 rings (SSSR count). The highest BCUT2D eigenvalue weighted by Crippen LogP contribution is 2.22. The Labute approximate surface area is 183 Å². The van der Waals surface area contributed by atoms with Gasteiger partial charge in [-0.3, -0.25) is 9.59 Å². The summed E-state index contributed by atoms with van der Waals surface area (Å²) >= 11 is 7.48. The third-order valence-corrected chi connectivity index (χ3v) is 5.38. The molecular formula is C22H19ClFN3O2S. The van der Waals surface area contributed by atoms with E-state index < -0.39 is 11.7 Å². The van der Waals surface area contributed by atoms with Gasteiger partial charge in [0.15, 0.2) is 0 Å². The summed E-state index contributed by atoms with van der Waals surface area (Å²) in [7, 11) is 0. The second kappa shape index (κ2) is 10.8. The smallest absolute Gasteiger partial charge is 0.252 e.